The molecule has 134 valence electrons. The molecule has 1 heterocycles. The first kappa shape index (κ1) is 19.6. The molecule has 0 aliphatic carbocycles. The number of carbonyl (C=O) groups is 1. The van der Waals surface area contributed by atoms with Gasteiger partial charge in [-0.25, -0.2) is 12.8 Å². The Balaban J connectivity index is 2.05. The van der Waals surface area contributed by atoms with E-state index in [2.05, 4.69) is 21.2 Å². The van der Waals surface area contributed by atoms with Crippen LogP contribution in [0.4, 0.5) is 4.39 Å². The largest absolute Gasteiger partial charge is 0.355 e. The lowest BCUT2D eigenvalue weighted by Crippen LogP contribution is -2.46. The van der Waals surface area contributed by atoms with E-state index in [1.165, 1.54) is 16.4 Å². The van der Waals surface area contributed by atoms with E-state index < -0.39 is 15.8 Å². The highest BCUT2D eigenvalue weighted by Gasteiger charge is 2.35. The fourth-order valence-electron chi connectivity index (χ4n) is 2.59. The second-order valence-corrected chi connectivity index (χ2v) is 9.26. The molecule has 1 fully saturated rings. The third kappa shape index (κ3) is 4.47. The summed E-state index contributed by atoms with van der Waals surface area (Å²) in [6, 6.07) is 3.79. The monoisotopic (exact) mass is 440 g/mol. The number of piperidine rings is 1. The lowest BCUT2D eigenvalue weighted by molar-refractivity contribution is -0.119. The number of halogens is 3. The van der Waals surface area contributed by atoms with Gasteiger partial charge in [0, 0.05) is 19.6 Å². The van der Waals surface area contributed by atoms with Gasteiger partial charge in [0.25, 0.3) is 0 Å². The van der Waals surface area contributed by atoms with Crippen LogP contribution in [0.5, 0.6) is 0 Å². The smallest absolute Gasteiger partial charge is 0.243 e. The van der Waals surface area contributed by atoms with Gasteiger partial charge in [-0.05, 0) is 52.4 Å². The number of amides is 1. The maximum atomic E-state index is 13.6. The van der Waals surface area contributed by atoms with Crippen LogP contribution in [-0.4, -0.2) is 44.1 Å². The zero-order valence-electron chi connectivity index (χ0n) is 13.2. The summed E-state index contributed by atoms with van der Waals surface area (Å²) in [6.45, 7) is 3.12. The average molecular weight is 442 g/mol. The first-order valence-corrected chi connectivity index (χ1v) is 10.2. The average Bonchev–Trinajstić information content (AvgIpc) is 2.55. The van der Waals surface area contributed by atoms with E-state index in [-0.39, 0.29) is 26.6 Å². The number of sulfonamides is 1. The predicted octanol–water partition coefficient (Wildman–Crippen LogP) is 2.73. The summed E-state index contributed by atoms with van der Waals surface area (Å²) in [5.74, 6) is -0.939. The van der Waals surface area contributed by atoms with Crippen LogP contribution in [0.2, 0.25) is 0 Å². The highest BCUT2D eigenvalue weighted by Crippen LogP contribution is 2.33. The maximum absolute atomic E-state index is 13.6. The predicted molar refractivity (Wildman–Crippen MR) is 93.9 cm³/mol. The van der Waals surface area contributed by atoms with Gasteiger partial charge in [-0.2, -0.15) is 4.31 Å². The zero-order chi connectivity index (χ0) is 18.0. The van der Waals surface area contributed by atoms with E-state index in [1.54, 1.807) is 0 Å². The Hall–Kier alpha value is -0.700. The Bertz CT molecular complexity index is 721. The molecule has 0 spiro atoms. The van der Waals surface area contributed by atoms with Crippen LogP contribution in [0.15, 0.2) is 27.6 Å². The Labute approximate surface area is 154 Å². The van der Waals surface area contributed by atoms with E-state index in [4.69, 9.17) is 11.6 Å². The van der Waals surface area contributed by atoms with Crippen LogP contribution in [0.25, 0.3) is 0 Å². The van der Waals surface area contributed by atoms with Crippen molar-refractivity contribution in [2.75, 3.05) is 25.5 Å². The molecule has 1 aliphatic rings. The van der Waals surface area contributed by atoms with Crippen LogP contribution in [0.1, 0.15) is 19.8 Å². The van der Waals surface area contributed by atoms with Crippen molar-refractivity contribution in [1.29, 1.82) is 0 Å². The van der Waals surface area contributed by atoms with Crippen molar-refractivity contribution in [1.82, 2.24) is 9.62 Å². The van der Waals surface area contributed by atoms with Crippen molar-refractivity contribution in [2.45, 2.75) is 24.7 Å². The number of nitrogens with one attached hydrogen (secondary N) is 1. The molecule has 1 saturated heterocycles. The highest BCUT2D eigenvalue weighted by molar-refractivity contribution is 9.10. The first-order valence-electron chi connectivity index (χ1n) is 7.46. The van der Waals surface area contributed by atoms with E-state index in [0.717, 1.165) is 6.07 Å². The molecule has 0 atom stereocenters. The summed E-state index contributed by atoms with van der Waals surface area (Å²) in [4.78, 5) is 11.2. The molecule has 1 N–H and O–H groups in total. The van der Waals surface area contributed by atoms with Gasteiger partial charge < -0.3 is 5.32 Å². The first-order chi connectivity index (χ1) is 11.2. The molecule has 0 bridgehead atoms. The molecular formula is C15H19BrClFN2O3S. The van der Waals surface area contributed by atoms with Gasteiger partial charge in [0.1, 0.15) is 11.7 Å². The van der Waals surface area contributed by atoms with Crippen molar-refractivity contribution < 1.29 is 17.6 Å². The Kier molecular flexibility index (Phi) is 6.28. The van der Waals surface area contributed by atoms with Crippen LogP contribution in [-0.2, 0) is 14.8 Å². The number of hydrogen-bond acceptors (Lipinski definition) is 3. The second-order valence-electron chi connectivity index (χ2n) is 6.20. The molecule has 0 radical (unpaired) electrons. The van der Waals surface area contributed by atoms with Crippen LogP contribution >= 0.6 is 27.5 Å². The molecule has 0 saturated carbocycles. The lowest BCUT2D eigenvalue weighted by atomic mass is 9.81. The number of alkyl halides is 1. The highest BCUT2D eigenvalue weighted by atomic mass is 79.9. The van der Waals surface area contributed by atoms with E-state index in [9.17, 15) is 17.6 Å². The van der Waals surface area contributed by atoms with Crippen molar-refractivity contribution in [3.63, 3.8) is 0 Å². The molecule has 9 heteroatoms. The summed E-state index contributed by atoms with van der Waals surface area (Å²) >= 11 is 8.47. The number of carbonyl (C=O) groups excluding carboxylic acids is 1. The number of hydrogen-bond donors (Lipinski definition) is 1. The van der Waals surface area contributed by atoms with Crippen LogP contribution in [0, 0.1) is 11.2 Å². The molecule has 1 amide bonds. The third-order valence-electron chi connectivity index (χ3n) is 4.29. The fourth-order valence-corrected chi connectivity index (χ4v) is 4.38. The third-order valence-corrected chi connectivity index (χ3v) is 7.07. The van der Waals surface area contributed by atoms with Crippen LogP contribution in [0.3, 0.4) is 0 Å². The van der Waals surface area contributed by atoms with Gasteiger partial charge in [0.15, 0.2) is 0 Å². The molecule has 5 nitrogen and oxygen atoms in total. The van der Waals surface area contributed by atoms with Gasteiger partial charge in [-0.1, -0.05) is 6.92 Å². The quantitative estimate of drug-likeness (QED) is 0.715. The number of nitrogens with zero attached hydrogens (tertiary/aromatic N) is 1. The second kappa shape index (κ2) is 7.68. The minimum absolute atomic E-state index is 0.0535. The summed E-state index contributed by atoms with van der Waals surface area (Å²) < 4.78 is 40.5. The lowest BCUT2D eigenvalue weighted by Gasteiger charge is -2.38. The Morgan fingerprint density at radius 2 is 2.04 bits per heavy atom. The number of benzene rings is 1. The summed E-state index contributed by atoms with van der Waals surface area (Å²) in [5.41, 5.74) is -0.182. The van der Waals surface area contributed by atoms with E-state index >= 15 is 0 Å². The SMILES string of the molecule is CC1(CNC(=O)CCl)CCN(S(=O)(=O)c2ccc(Br)c(F)c2)CC1. The fraction of sp³-hybridized carbons (Fsp3) is 0.533. The molecule has 1 aromatic rings. The van der Waals surface area contributed by atoms with Gasteiger partial charge in [0.2, 0.25) is 15.9 Å². The molecule has 24 heavy (non-hydrogen) atoms. The molecule has 0 unspecified atom stereocenters. The van der Waals surface area contributed by atoms with Gasteiger partial charge in [0.05, 0.1) is 9.37 Å². The van der Waals surface area contributed by atoms with Gasteiger partial charge in [-0.15, -0.1) is 11.6 Å². The van der Waals surface area contributed by atoms with Crippen LogP contribution < -0.4 is 5.32 Å². The van der Waals surface area contributed by atoms with Crippen molar-refractivity contribution >= 4 is 43.5 Å². The Morgan fingerprint density at radius 3 is 2.58 bits per heavy atom. The molecule has 0 aromatic heterocycles. The van der Waals surface area contributed by atoms with Crippen molar-refractivity contribution in [3.8, 4) is 0 Å². The Morgan fingerprint density at radius 1 is 1.42 bits per heavy atom. The molecule has 1 aromatic carbocycles. The summed E-state index contributed by atoms with van der Waals surface area (Å²) in [7, 11) is -3.72. The maximum Gasteiger partial charge on any atom is 0.243 e. The van der Waals surface area contributed by atoms with Gasteiger partial charge >= 0.3 is 0 Å². The minimum atomic E-state index is -3.72. The van der Waals surface area contributed by atoms with Gasteiger partial charge in [-0.3, -0.25) is 4.79 Å². The molecule has 1 aliphatic heterocycles. The number of rotatable bonds is 5. The molecule has 2 rings (SSSR count). The summed E-state index contributed by atoms with van der Waals surface area (Å²) in [6.07, 6.45) is 1.21. The van der Waals surface area contributed by atoms with Crippen molar-refractivity contribution in [3.05, 3.63) is 28.5 Å². The molecular weight excluding hydrogens is 423 g/mol. The summed E-state index contributed by atoms with van der Waals surface area (Å²) in [5, 5.41) is 2.75. The zero-order valence-corrected chi connectivity index (χ0v) is 16.3. The normalized spacial score (nSPS) is 18.3. The van der Waals surface area contributed by atoms with Crippen molar-refractivity contribution in [2.24, 2.45) is 5.41 Å². The topological polar surface area (TPSA) is 66.5 Å². The minimum Gasteiger partial charge on any atom is -0.355 e. The van der Waals surface area contributed by atoms with E-state index in [0.29, 0.717) is 32.5 Å². The standard InChI is InChI=1S/C15H19BrClFN2O3S/c1-15(10-19-14(21)9-17)4-6-20(7-5-15)24(22,23)11-2-3-12(16)13(18)8-11/h2-3,8H,4-7,9-10H2,1H3,(H,19,21). The van der Waals surface area contributed by atoms with E-state index in [1.807, 2.05) is 6.92 Å².